The number of rotatable bonds is 7. The third-order valence-electron chi connectivity index (χ3n) is 1.80. The fourth-order valence-electron chi connectivity index (χ4n) is 1.09. The molecule has 0 bridgehead atoms. The molecule has 0 fully saturated rings. The second kappa shape index (κ2) is 8.19. The summed E-state index contributed by atoms with van der Waals surface area (Å²) in [5.41, 5.74) is 0. The molecular formula is C12H15NOS. The van der Waals surface area contributed by atoms with Gasteiger partial charge in [-0.2, -0.15) is 17.0 Å². The second-order valence-electron chi connectivity index (χ2n) is 3.04. The fraction of sp³-hybridized carbons (Fsp3) is 0.417. The number of para-hydroxylation sites is 1. The van der Waals surface area contributed by atoms with E-state index in [0.717, 1.165) is 30.3 Å². The Labute approximate surface area is 95.3 Å². The molecule has 1 aromatic carbocycles. The molecule has 0 unspecified atom stereocenters. The number of ether oxygens (including phenoxy) is 1. The molecule has 0 spiro atoms. The molecule has 0 aliphatic heterocycles. The lowest BCUT2D eigenvalue weighted by atomic mass is 10.3. The van der Waals surface area contributed by atoms with Gasteiger partial charge in [-0.05, 0) is 24.3 Å². The lowest BCUT2D eigenvalue weighted by Gasteiger charge is -2.04. The molecule has 0 aliphatic carbocycles. The van der Waals surface area contributed by atoms with E-state index < -0.39 is 0 Å². The summed E-state index contributed by atoms with van der Waals surface area (Å²) in [6.45, 7) is 0.754. The standard InChI is InChI=1S/C12H15NOS/c13-8-4-10-15-11-5-9-14-12-6-2-1-3-7-12/h1-3,6-7H,4-5,9-11H2. The number of nitrogens with zero attached hydrogens (tertiary/aromatic N) is 1. The minimum atomic E-state index is 0.643. The van der Waals surface area contributed by atoms with E-state index in [2.05, 4.69) is 6.07 Å². The van der Waals surface area contributed by atoms with Gasteiger partial charge in [-0.3, -0.25) is 0 Å². The summed E-state index contributed by atoms with van der Waals surface area (Å²) in [6.07, 6.45) is 1.68. The molecule has 0 saturated heterocycles. The molecule has 1 rings (SSSR count). The lowest BCUT2D eigenvalue weighted by molar-refractivity contribution is 0.319. The van der Waals surface area contributed by atoms with Crippen LogP contribution in [0.5, 0.6) is 5.75 Å². The predicted molar refractivity (Wildman–Crippen MR) is 64.1 cm³/mol. The molecule has 0 aliphatic rings. The van der Waals surface area contributed by atoms with E-state index in [1.54, 1.807) is 0 Å². The zero-order valence-corrected chi connectivity index (χ0v) is 9.50. The van der Waals surface area contributed by atoms with Crippen LogP contribution < -0.4 is 4.74 Å². The second-order valence-corrected chi connectivity index (χ2v) is 4.26. The molecule has 0 amide bonds. The van der Waals surface area contributed by atoms with Crippen LogP contribution in [-0.2, 0) is 0 Å². The van der Waals surface area contributed by atoms with Gasteiger partial charge >= 0.3 is 0 Å². The van der Waals surface area contributed by atoms with Gasteiger partial charge in [0.25, 0.3) is 0 Å². The highest BCUT2D eigenvalue weighted by Gasteiger charge is 1.92. The van der Waals surface area contributed by atoms with Crippen LogP contribution in [0, 0.1) is 11.3 Å². The van der Waals surface area contributed by atoms with Gasteiger partial charge < -0.3 is 4.74 Å². The Hall–Kier alpha value is -1.14. The summed E-state index contributed by atoms with van der Waals surface area (Å²) < 4.78 is 5.53. The maximum absolute atomic E-state index is 8.33. The van der Waals surface area contributed by atoms with E-state index >= 15 is 0 Å². The highest BCUT2D eigenvalue weighted by atomic mass is 32.2. The predicted octanol–water partition coefficient (Wildman–Crippen LogP) is 3.10. The highest BCUT2D eigenvalue weighted by Crippen LogP contribution is 2.09. The number of nitriles is 1. The van der Waals surface area contributed by atoms with Gasteiger partial charge in [-0.15, -0.1) is 0 Å². The number of hydrogen-bond donors (Lipinski definition) is 0. The Bertz CT molecular complexity index is 294. The van der Waals surface area contributed by atoms with E-state index in [1.807, 2.05) is 42.1 Å². The van der Waals surface area contributed by atoms with Crippen molar-refractivity contribution in [3.8, 4) is 11.8 Å². The van der Waals surface area contributed by atoms with E-state index in [1.165, 1.54) is 0 Å². The largest absolute Gasteiger partial charge is 0.494 e. The zero-order valence-electron chi connectivity index (χ0n) is 8.69. The summed E-state index contributed by atoms with van der Waals surface area (Å²) >= 11 is 1.81. The van der Waals surface area contributed by atoms with Gasteiger partial charge in [-0.25, -0.2) is 0 Å². The van der Waals surface area contributed by atoms with Crippen molar-refractivity contribution in [2.45, 2.75) is 12.8 Å². The first-order valence-corrected chi connectivity index (χ1v) is 6.21. The maximum Gasteiger partial charge on any atom is 0.119 e. The minimum Gasteiger partial charge on any atom is -0.494 e. The molecule has 0 aromatic heterocycles. The molecule has 0 radical (unpaired) electrons. The Morgan fingerprint density at radius 1 is 1.20 bits per heavy atom. The first-order valence-electron chi connectivity index (χ1n) is 5.06. The van der Waals surface area contributed by atoms with Gasteiger partial charge in [0.15, 0.2) is 0 Å². The molecule has 2 nitrogen and oxygen atoms in total. The lowest BCUT2D eigenvalue weighted by Crippen LogP contribution is -1.98. The average Bonchev–Trinajstić information content (AvgIpc) is 2.29. The average molecular weight is 221 g/mol. The normalized spacial score (nSPS) is 9.53. The Kier molecular flexibility index (Phi) is 6.52. The highest BCUT2D eigenvalue weighted by molar-refractivity contribution is 7.99. The molecule has 0 N–H and O–H groups in total. The van der Waals surface area contributed by atoms with Gasteiger partial charge in [0.1, 0.15) is 5.75 Å². The summed E-state index contributed by atoms with van der Waals surface area (Å²) in [5, 5.41) is 8.33. The van der Waals surface area contributed by atoms with Crippen LogP contribution in [0.15, 0.2) is 30.3 Å². The number of hydrogen-bond acceptors (Lipinski definition) is 3. The molecule has 0 heterocycles. The van der Waals surface area contributed by atoms with Crippen molar-refractivity contribution in [2.75, 3.05) is 18.1 Å². The van der Waals surface area contributed by atoms with Crippen LogP contribution in [0.2, 0.25) is 0 Å². The first kappa shape index (κ1) is 11.9. The van der Waals surface area contributed by atoms with E-state index in [-0.39, 0.29) is 0 Å². The fourth-order valence-corrected chi connectivity index (χ4v) is 1.85. The van der Waals surface area contributed by atoms with Crippen LogP contribution in [0.1, 0.15) is 12.8 Å². The summed E-state index contributed by atoms with van der Waals surface area (Å²) in [6, 6.07) is 12.0. The van der Waals surface area contributed by atoms with Crippen molar-refractivity contribution >= 4 is 11.8 Å². The molecule has 80 valence electrons. The first-order chi connectivity index (χ1) is 7.43. The van der Waals surface area contributed by atoms with Crippen molar-refractivity contribution in [1.29, 1.82) is 5.26 Å². The molecule has 3 heteroatoms. The van der Waals surface area contributed by atoms with Gasteiger partial charge in [0, 0.05) is 12.2 Å². The third-order valence-corrected chi connectivity index (χ3v) is 2.87. The number of benzene rings is 1. The van der Waals surface area contributed by atoms with Gasteiger partial charge in [0.2, 0.25) is 0 Å². The zero-order chi connectivity index (χ0) is 10.8. The molecule has 1 aromatic rings. The Morgan fingerprint density at radius 3 is 2.73 bits per heavy atom. The van der Waals surface area contributed by atoms with Crippen molar-refractivity contribution in [2.24, 2.45) is 0 Å². The van der Waals surface area contributed by atoms with Crippen molar-refractivity contribution in [3.63, 3.8) is 0 Å². The monoisotopic (exact) mass is 221 g/mol. The number of thioether (sulfide) groups is 1. The van der Waals surface area contributed by atoms with Crippen LogP contribution >= 0.6 is 11.8 Å². The van der Waals surface area contributed by atoms with Crippen LogP contribution in [-0.4, -0.2) is 18.1 Å². The SMILES string of the molecule is N#CCCSCCCOc1ccccc1. The molecule has 0 atom stereocenters. The Morgan fingerprint density at radius 2 is 2.00 bits per heavy atom. The molecular weight excluding hydrogens is 206 g/mol. The van der Waals surface area contributed by atoms with E-state index in [0.29, 0.717) is 6.42 Å². The van der Waals surface area contributed by atoms with Crippen LogP contribution in [0.25, 0.3) is 0 Å². The minimum absolute atomic E-state index is 0.643. The smallest absolute Gasteiger partial charge is 0.119 e. The van der Waals surface area contributed by atoms with Gasteiger partial charge in [-0.1, -0.05) is 18.2 Å². The van der Waals surface area contributed by atoms with E-state index in [4.69, 9.17) is 10.00 Å². The van der Waals surface area contributed by atoms with Crippen molar-refractivity contribution in [3.05, 3.63) is 30.3 Å². The van der Waals surface area contributed by atoms with Crippen LogP contribution in [0.4, 0.5) is 0 Å². The molecule has 15 heavy (non-hydrogen) atoms. The van der Waals surface area contributed by atoms with Gasteiger partial charge in [0.05, 0.1) is 12.7 Å². The summed E-state index contributed by atoms with van der Waals surface area (Å²) in [7, 11) is 0. The van der Waals surface area contributed by atoms with Crippen LogP contribution in [0.3, 0.4) is 0 Å². The quantitative estimate of drug-likeness (QED) is 0.663. The summed E-state index contributed by atoms with van der Waals surface area (Å²) in [4.78, 5) is 0. The topological polar surface area (TPSA) is 33.0 Å². The summed E-state index contributed by atoms with van der Waals surface area (Å²) in [5.74, 6) is 2.93. The van der Waals surface area contributed by atoms with E-state index in [9.17, 15) is 0 Å². The third kappa shape index (κ3) is 6.03. The molecule has 0 saturated carbocycles. The van der Waals surface area contributed by atoms with Crippen molar-refractivity contribution < 1.29 is 4.74 Å². The Balaban J connectivity index is 1.96. The van der Waals surface area contributed by atoms with Crippen molar-refractivity contribution in [1.82, 2.24) is 0 Å². The maximum atomic E-state index is 8.33.